The Bertz CT molecular complexity index is 1000. The number of benzene rings is 1. The lowest BCUT2D eigenvalue weighted by atomic mass is 10.0. The number of nitrogens with zero attached hydrogens (tertiary/aromatic N) is 3. The van der Waals surface area contributed by atoms with Gasteiger partial charge in [-0.25, -0.2) is 14.4 Å². The van der Waals surface area contributed by atoms with Crippen LogP contribution in [-0.2, 0) is 0 Å². The van der Waals surface area contributed by atoms with Gasteiger partial charge in [0.25, 0.3) is 5.56 Å². The molecule has 2 heterocycles. The van der Waals surface area contributed by atoms with Gasteiger partial charge in [0.1, 0.15) is 11.5 Å². The molecule has 0 aliphatic carbocycles. The second kappa shape index (κ2) is 6.96. The number of pyridine rings is 1. The molecule has 3 aromatic rings. The van der Waals surface area contributed by atoms with E-state index in [-0.39, 0.29) is 17.4 Å². The summed E-state index contributed by atoms with van der Waals surface area (Å²) in [6.07, 6.45) is 2.72. The average Bonchev–Trinajstić information content (AvgIpc) is 2.60. The quantitative estimate of drug-likeness (QED) is 0.506. The summed E-state index contributed by atoms with van der Waals surface area (Å²) in [4.78, 5) is 21.7. The van der Waals surface area contributed by atoms with Gasteiger partial charge >= 0.3 is 0 Å². The lowest BCUT2D eigenvalue weighted by Crippen LogP contribution is -2.23. The van der Waals surface area contributed by atoms with Crippen LogP contribution >= 0.6 is 11.8 Å². The summed E-state index contributed by atoms with van der Waals surface area (Å²) in [5.74, 6) is -0.277. The fourth-order valence-electron chi connectivity index (χ4n) is 2.91. The smallest absolute Gasteiger partial charge is 0.252 e. The maximum atomic E-state index is 13.5. The number of aromatic nitrogens is 3. The Morgan fingerprint density at radius 3 is 2.64 bits per heavy atom. The summed E-state index contributed by atoms with van der Waals surface area (Å²) >= 11 is 1.42. The molecule has 0 aliphatic heterocycles. The van der Waals surface area contributed by atoms with Crippen molar-refractivity contribution in [2.24, 2.45) is 0 Å². The molecule has 0 fully saturated rings. The Kier molecular flexibility index (Phi) is 4.90. The minimum Gasteiger partial charge on any atom is -0.290 e. The molecule has 3 rings (SSSR count). The summed E-state index contributed by atoms with van der Waals surface area (Å²) in [6, 6.07) is 8.00. The van der Waals surface area contributed by atoms with Gasteiger partial charge in [-0.2, -0.15) is 0 Å². The molecule has 0 amide bonds. The van der Waals surface area contributed by atoms with E-state index in [9.17, 15) is 9.18 Å². The van der Waals surface area contributed by atoms with Crippen LogP contribution in [0.2, 0.25) is 0 Å². The van der Waals surface area contributed by atoms with E-state index in [2.05, 4.69) is 9.97 Å². The van der Waals surface area contributed by atoms with Crippen LogP contribution in [0.5, 0.6) is 0 Å². The van der Waals surface area contributed by atoms with Crippen molar-refractivity contribution in [3.63, 3.8) is 0 Å². The Morgan fingerprint density at radius 2 is 2.00 bits per heavy atom. The van der Waals surface area contributed by atoms with Crippen molar-refractivity contribution in [2.75, 3.05) is 6.26 Å². The Labute approximate surface area is 150 Å². The van der Waals surface area contributed by atoms with Gasteiger partial charge in [-0.1, -0.05) is 18.7 Å². The van der Waals surface area contributed by atoms with E-state index in [1.54, 1.807) is 22.8 Å². The van der Waals surface area contributed by atoms with Gasteiger partial charge in [0.15, 0.2) is 5.16 Å². The van der Waals surface area contributed by atoms with Crippen molar-refractivity contribution in [2.45, 2.75) is 38.4 Å². The summed E-state index contributed by atoms with van der Waals surface area (Å²) in [7, 11) is 0. The number of hydrogen-bond acceptors (Lipinski definition) is 4. The molecular formula is C19H20FN3OS. The second-order valence-corrected chi connectivity index (χ2v) is 6.83. The van der Waals surface area contributed by atoms with Crippen molar-refractivity contribution in [1.82, 2.24) is 14.5 Å². The van der Waals surface area contributed by atoms with Gasteiger partial charge in [0, 0.05) is 23.1 Å². The third kappa shape index (κ3) is 3.18. The maximum Gasteiger partial charge on any atom is 0.252 e. The van der Waals surface area contributed by atoms with Crippen LogP contribution in [0.15, 0.2) is 40.3 Å². The molecule has 0 saturated heterocycles. The first-order chi connectivity index (χ1) is 12.0. The van der Waals surface area contributed by atoms with E-state index in [4.69, 9.17) is 0 Å². The number of aryl methyl sites for hydroxylation is 1. The Hall–Kier alpha value is -2.21. The van der Waals surface area contributed by atoms with E-state index in [1.807, 2.05) is 27.0 Å². The van der Waals surface area contributed by atoms with Gasteiger partial charge in [-0.3, -0.25) is 9.36 Å². The number of thioether (sulfide) groups is 1. The first kappa shape index (κ1) is 17.6. The molecule has 6 heteroatoms. The molecule has 1 atom stereocenters. The minimum atomic E-state index is -0.277. The zero-order valence-electron chi connectivity index (χ0n) is 14.7. The topological polar surface area (TPSA) is 47.8 Å². The monoisotopic (exact) mass is 357 g/mol. The fraction of sp³-hybridized carbons (Fsp3) is 0.316. The lowest BCUT2D eigenvalue weighted by Gasteiger charge is -2.17. The first-order valence-corrected chi connectivity index (χ1v) is 9.42. The van der Waals surface area contributed by atoms with Crippen molar-refractivity contribution in [3.8, 4) is 11.3 Å². The zero-order valence-corrected chi connectivity index (χ0v) is 15.5. The summed E-state index contributed by atoms with van der Waals surface area (Å²) in [5.41, 5.74) is 2.92. The standard InChI is InChI=1S/C19H20FN3OS/c1-5-12(3)23-16(24)9-8-15-17(21-19(25-4)22-18(15)23)14-7-6-13(20)10-11(14)2/h6-10,12H,5H2,1-4H3/t12-/m0/s1. The molecule has 0 bridgehead atoms. The van der Waals surface area contributed by atoms with Crippen molar-refractivity contribution < 1.29 is 4.39 Å². The van der Waals surface area contributed by atoms with Gasteiger partial charge in [-0.15, -0.1) is 0 Å². The van der Waals surface area contributed by atoms with Crippen molar-refractivity contribution in [3.05, 3.63) is 52.1 Å². The molecule has 0 N–H and O–H groups in total. The third-order valence-corrected chi connectivity index (χ3v) is 4.97. The summed E-state index contributed by atoms with van der Waals surface area (Å²) < 4.78 is 15.2. The van der Waals surface area contributed by atoms with Crippen LogP contribution in [0.1, 0.15) is 31.9 Å². The highest BCUT2D eigenvalue weighted by molar-refractivity contribution is 7.98. The highest BCUT2D eigenvalue weighted by Crippen LogP contribution is 2.31. The molecule has 4 nitrogen and oxygen atoms in total. The van der Waals surface area contributed by atoms with E-state index < -0.39 is 0 Å². The van der Waals surface area contributed by atoms with Crippen LogP contribution in [0.3, 0.4) is 0 Å². The molecule has 0 unspecified atom stereocenters. The number of rotatable bonds is 4. The van der Waals surface area contributed by atoms with Crippen molar-refractivity contribution >= 4 is 22.8 Å². The molecule has 0 radical (unpaired) electrons. The highest BCUT2D eigenvalue weighted by atomic mass is 32.2. The van der Waals surface area contributed by atoms with Crippen LogP contribution in [0.25, 0.3) is 22.3 Å². The fourth-order valence-corrected chi connectivity index (χ4v) is 3.27. The number of fused-ring (bicyclic) bond motifs is 1. The van der Waals surface area contributed by atoms with E-state index in [0.29, 0.717) is 10.8 Å². The molecule has 25 heavy (non-hydrogen) atoms. The molecule has 2 aromatic heterocycles. The van der Waals surface area contributed by atoms with E-state index in [1.165, 1.54) is 23.9 Å². The second-order valence-electron chi connectivity index (χ2n) is 6.05. The average molecular weight is 357 g/mol. The molecule has 0 aliphatic rings. The molecule has 0 saturated carbocycles. The van der Waals surface area contributed by atoms with Gasteiger partial charge in [0.05, 0.1) is 5.69 Å². The third-order valence-electron chi connectivity index (χ3n) is 4.42. The van der Waals surface area contributed by atoms with Crippen LogP contribution < -0.4 is 5.56 Å². The van der Waals surface area contributed by atoms with Crippen LogP contribution in [-0.4, -0.2) is 20.8 Å². The molecule has 130 valence electrons. The zero-order chi connectivity index (χ0) is 18.1. The van der Waals surface area contributed by atoms with Gasteiger partial charge < -0.3 is 0 Å². The number of halogens is 1. The SMILES string of the molecule is CC[C@H](C)n1c(=O)ccc2c(-c3ccc(F)cc3C)nc(SC)nc21. The predicted molar refractivity (Wildman–Crippen MR) is 101 cm³/mol. The first-order valence-electron chi connectivity index (χ1n) is 8.20. The van der Waals surface area contributed by atoms with Crippen molar-refractivity contribution in [1.29, 1.82) is 0 Å². The summed E-state index contributed by atoms with van der Waals surface area (Å²) in [5, 5.41) is 1.39. The lowest BCUT2D eigenvalue weighted by molar-refractivity contribution is 0.526. The largest absolute Gasteiger partial charge is 0.290 e. The van der Waals surface area contributed by atoms with Gasteiger partial charge in [-0.05, 0) is 56.4 Å². The predicted octanol–water partition coefficient (Wildman–Crippen LogP) is 4.60. The normalized spacial score (nSPS) is 12.5. The molecular weight excluding hydrogens is 337 g/mol. The molecule has 0 spiro atoms. The van der Waals surface area contributed by atoms with Crippen LogP contribution in [0, 0.1) is 12.7 Å². The Morgan fingerprint density at radius 1 is 1.24 bits per heavy atom. The molecule has 1 aromatic carbocycles. The summed E-state index contributed by atoms with van der Waals surface area (Å²) in [6.45, 7) is 5.90. The maximum absolute atomic E-state index is 13.5. The Balaban J connectivity index is 2.42. The highest BCUT2D eigenvalue weighted by Gasteiger charge is 2.17. The van der Waals surface area contributed by atoms with E-state index >= 15 is 0 Å². The minimum absolute atomic E-state index is 0.0305. The van der Waals surface area contributed by atoms with E-state index in [0.717, 1.165) is 28.6 Å². The number of hydrogen-bond donors (Lipinski definition) is 0. The van der Waals surface area contributed by atoms with Gasteiger partial charge in [0.2, 0.25) is 0 Å². The van der Waals surface area contributed by atoms with Crippen LogP contribution in [0.4, 0.5) is 4.39 Å².